The van der Waals surface area contributed by atoms with E-state index in [0.29, 0.717) is 12.2 Å². The van der Waals surface area contributed by atoms with Gasteiger partial charge in [-0.2, -0.15) is 0 Å². The van der Waals surface area contributed by atoms with E-state index in [9.17, 15) is 4.79 Å². The minimum Gasteiger partial charge on any atom is -0.298 e. The summed E-state index contributed by atoms with van der Waals surface area (Å²) in [4.78, 5) is 11.6. The second kappa shape index (κ2) is 2.89. The molecular formula is C11H16O. The Balaban J connectivity index is 3.08. The summed E-state index contributed by atoms with van der Waals surface area (Å²) >= 11 is 0. The van der Waals surface area contributed by atoms with Crippen LogP contribution in [0.1, 0.15) is 33.6 Å². The third-order valence-corrected chi connectivity index (χ3v) is 2.75. The van der Waals surface area contributed by atoms with Crippen LogP contribution in [0, 0.1) is 5.41 Å². The van der Waals surface area contributed by atoms with Crippen LogP contribution in [0.4, 0.5) is 0 Å². The van der Waals surface area contributed by atoms with Crippen molar-refractivity contribution in [3.8, 4) is 0 Å². The van der Waals surface area contributed by atoms with E-state index in [-0.39, 0.29) is 5.41 Å². The maximum atomic E-state index is 11.6. The summed E-state index contributed by atoms with van der Waals surface area (Å²) in [6, 6.07) is 0. The molecule has 1 aliphatic carbocycles. The van der Waals surface area contributed by atoms with Gasteiger partial charge in [0.1, 0.15) is 5.78 Å². The highest BCUT2D eigenvalue weighted by Crippen LogP contribution is 2.35. The number of Topliss-reactive ketones (excluding diaryl/α,β-unsaturated/α-hetero) is 1. The molecule has 0 aromatic heterocycles. The van der Waals surface area contributed by atoms with Crippen molar-refractivity contribution < 1.29 is 4.79 Å². The highest BCUT2D eigenvalue weighted by atomic mass is 16.1. The van der Waals surface area contributed by atoms with Crippen molar-refractivity contribution in [1.29, 1.82) is 0 Å². The molecule has 0 aromatic carbocycles. The van der Waals surface area contributed by atoms with E-state index < -0.39 is 0 Å². The van der Waals surface area contributed by atoms with Gasteiger partial charge < -0.3 is 0 Å². The lowest BCUT2D eigenvalue weighted by Crippen LogP contribution is -2.29. The van der Waals surface area contributed by atoms with Crippen molar-refractivity contribution >= 4 is 5.78 Å². The number of hydrogen-bond donors (Lipinski definition) is 0. The molecular weight excluding hydrogens is 148 g/mol. The molecule has 1 atom stereocenters. The molecule has 0 radical (unpaired) electrons. The maximum absolute atomic E-state index is 11.6. The van der Waals surface area contributed by atoms with Crippen molar-refractivity contribution in [3.05, 3.63) is 23.8 Å². The van der Waals surface area contributed by atoms with Crippen LogP contribution < -0.4 is 0 Å². The van der Waals surface area contributed by atoms with E-state index in [2.05, 4.69) is 19.6 Å². The molecule has 1 nitrogen and oxygen atoms in total. The Morgan fingerprint density at radius 1 is 1.58 bits per heavy atom. The van der Waals surface area contributed by atoms with Crippen LogP contribution >= 0.6 is 0 Å². The highest BCUT2D eigenvalue weighted by molar-refractivity contribution is 5.90. The van der Waals surface area contributed by atoms with Gasteiger partial charge in [0.25, 0.3) is 0 Å². The third kappa shape index (κ3) is 1.36. The summed E-state index contributed by atoms with van der Waals surface area (Å²) in [5.41, 5.74) is 1.87. The Bertz CT molecular complexity index is 260. The molecule has 1 unspecified atom stereocenters. The Hall–Kier alpha value is -0.850. The van der Waals surface area contributed by atoms with Crippen LogP contribution in [-0.2, 0) is 4.79 Å². The molecule has 0 amide bonds. The van der Waals surface area contributed by atoms with Crippen molar-refractivity contribution in [2.75, 3.05) is 0 Å². The normalized spacial score (nSPS) is 29.9. The summed E-state index contributed by atoms with van der Waals surface area (Å²) in [6.45, 7) is 9.83. The van der Waals surface area contributed by atoms with Gasteiger partial charge in [0, 0.05) is 6.42 Å². The van der Waals surface area contributed by atoms with Crippen molar-refractivity contribution in [1.82, 2.24) is 0 Å². The van der Waals surface area contributed by atoms with Crippen LogP contribution in [0.3, 0.4) is 0 Å². The molecule has 0 aromatic rings. The summed E-state index contributed by atoms with van der Waals surface area (Å²) in [7, 11) is 0. The molecule has 1 rings (SSSR count). The van der Waals surface area contributed by atoms with Gasteiger partial charge in [0.2, 0.25) is 0 Å². The van der Waals surface area contributed by atoms with Crippen LogP contribution in [-0.4, -0.2) is 5.78 Å². The molecule has 0 fully saturated rings. The van der Waals surface area contributed by atoms with Crippen molar-refractivity contribution in [3.63, 3.8) is 0 Å². The number of hydrogen-bond acceptors (Lipinski definition) is 1. The fraction of sp³-hybridized carbons (Fsp3) is 0.545. The van der Waals surface area contributed by atoms with Gasteiger partial charge >= 0.3 is 0 Å². The van der Waals surface area contributed by atoms with E-state index in [4.69, 9.17) is 0 Å². The molecule has 0 N–H and O–H groups in total. The fourth-order valence-corrected chi connectivity index (χ4v) is 1.58. The molecule has 0 bridgehead atoms. The summed E-state index contributed by atoms with van der Waals surface area (Å²) in [5.74, 6) is 0.306. The van der Waals surface area contributed by atoms with E-state index in [1.807, 2.05) is 13.8 Å². The molecule has 12 heavy (non-hydrogen) atoms. The first-order valence-corrected chi connectivity index (χ1v) is 4.34. The summed E-state index contributed by atoms with van der Waals surface area (Å²) in [5, 5.41) is 0. The smallest absolute Gasteiger partial charge is 0.146 e. The monoisotopic (exact) mass is 164 g/mol. The van der Waals surface area contributed by atoms with E-state index in [1.54, 1.807) is 0 Å². The minimum absolute atomic E-state index is 0.306. The van der Waals surface area contributed by atoms with Crippen LogP contribution in [0.15, 0.2) is 23.8 Å². The topological polar surface area (TPSA) is 17.1 Å². The number of ketones is 1. The Labute approximate surface area is 74.2 Å². The van der Waals surface area contributed by atoms with E-state index >= 15 is 0 Å². The van der Waals surface area contributed by atoms with Crippen molar-refractivity contribution in [2.24, 2.45) is 5.41 Å². The first-order valence-electron chi connectivity index (χ1n) is 4.34. The second-order valence-electron chi connectivity index (χ2n) is 3.90. The Morgan fingerprint density at radius 2 is 2.17 bits per heavy atom. The molecule has 0 spiro atoms. The number of carbonyl (C=O) groups excluding carboxylic acids is 1. The molecule has 0 aliphatic heterocycles. The summed E-state index contributed by atoms with van der Waals surface area (Å²) < 4.78 is 0. The molecule has 66 valence electrons. The number of rotatable bonds is 1. The Kier molecular flexibility index (Phi) is 2.22. The zero-order valence-electron chi connectivity index (χ0n) is 8.11. The van der Waals surface area contributed by atoms with Gasteiger partial charge in [-0.15, -0.1) is 0 Å². The van der Waals surface area contributed by atoms with Gasteiger partial charge in [-0.3, -0.25) is 4.79 Å². The lowest BCUT2D eigenvalue weighted by atomic mass is 9.73. The van der Waals surface area contributed by atoms with Gasteiger partial charge in [-0.25, -0.2) is 0 Å². The van der Waals surface area contributed by atoms with Crippen LogP contribution in [0.2, 0.25) is 0 Å². The van der Waals surface area contributed by atoms with E-state index in [0.717, 1.165) is 12.0 Å². The zero-order chi connectivity index (χ0) is 9.35. The van der Waals surface area contributed by atoms with E-state index in [1.165, 1.54) is 5.57 Å². The molecule has 0 heterocycles. The first-order chi connectivity index (χ1) is 5.47. The minimum atomic E-state index is -0.387. The van der Waals surface area contributed by atoms with Gasteiger partial charge in [-0.1, -0.05) is 23.8 Å². The zero-order valence-corrected chi connectivity index (χ0v) is 8.11. The number of allylic oxidation sites excluding steroid dienone is 3. The quantitative estimate of drug-likeness (QED) is 0.545. The average Bonchev–Trinajstić information content (AvgIpc) is 1.97. The second-order valence-corrected chi connectivity index (χ2v) is 3.90. The fourth-order valence-electron chi connectivity index (χ4n) is 1.58. The van der Waals surface area contributed by atoms with Crippen LogP contribution in [0.25, 0.3) is 0 Å². The standard InChI is InChI=1S/C11H16O/c1-8(2)11(4)7-9(3)5-6-10(11)12/h7H,1,5-6H2,2-4H3. The molecule has 1 aliphatic rings. The van der Waals surface area contributed by atoms with Gasteiger partial charge in [-0.05, 0) is 27.2 Å². The predicted octanol–water partition coefficient (Wildman–Crippen LogP) is 2.88. The van der Waals surface area contributed by atoms with Crippen LogP contribution in [0.5, 0.6) is 0 Å². The highest BCUT2D eigenvalue weighted by Gasteiger charge is 2.33. The predicted molar refractivity (Wildman–Crippen MR) is 50.9 cm³/mol. The molecule has 1 heteroatoms. The average molecular weight is 164 g/mol. The largest absolute Gasteiger partial charge is 0.298 e. The Morgan fingerprint density at radius 3 is 2.58 bits per heavy atom. The number of carbonyl (C=O) groups is 1. The molecule has 0 saturated carbocycles. The SMILES string of the molecule is C=C(C)C1(C)C=C(C)CCC1=O. The van der Waals surface area contributed by atoms with Crippen molar-refractivity contribution in [2.45, 2.75) is 33.6 Å². The lowest BCUT2D eigenvalue weighted by molar-refractivity contribution is -0.124. The maximum Gasteiger partial charge on any atom is 0.146 e. The molecule has 0 saturated heterocycles. The van der Waals surface area contributed by atoms with Gasteiger partial charge in [0.05, 0.1) is 5.41 Å². The first kappa shape index (κ1) is 9.24. The third-order valence-electron chi connectivity index (χ3n) is 2.75. The van der Waals surface area contributed by atoms with Gasteiger partial charge in [0.15, 0.2) is 0 Å². The lowest BCUT2D eigenvalue weighted by Gasteiger charge is -2.29. The summed E-state index contributed by atoms with van der Waals surface area (Å²) in [6.07, 6.45) is 3.65.